The highest BCUT2D eigenvalue weighted by Crippen LogP contribution is 2.19. The second-order valence-corrected chi connectivity index (χ2v) is 3.89. The molecule has 2 aromatic rings. The van der Waals surface area contributed by atoms with Gasteiger partial charge in [-0.25, -0.2) is 0 Å². The van der Waals surface area contributed by atoms with E-state index in [2.05, 4.69) is 5.16 Å². The van der Waals surface area contributed by atoms with Crippen LogP contribution in [-0.4, -0.2) is 41.3 Å². The number of aliphatic hydroxyl groups is 1. The van der Waals surface area contributed by atoms with Crippen molar-refractivity contribution in [3.05, 3.63) is 42.2 Å². The third-order valence-corrected chi connectivity index (χ3v) is 2.57. The molecule has 0 aliphatic rings. The van der Waals surface area contributed by atoms with Crippen molar-refractivity contribution < 1.29 is 14.4 Å². The van der Waals surface area contributed by atoms with E-state index in [9.17, 15) is 4.79 Å². The van der Waals surface area contributed by atoms with Crippen LogP contribution in [0.3, 0.4) is 0 Å². The minimum absolute atomic E-state index is 0.0814. The van der Waals surface area contributed by atoms with E-state index in [-0.39, 0.29) is 24.8 Å². The molecule has 0 bridgehead atoms. The maximum absolute atomic E-state index is 11.9. The van der Waals surface area contributed by atoms with Gasteiger partial charge in [0.15, 0.2) is 0 Å². The van der Waals surface area contributed by atoms with Gasteiger partial charge < -0.3 is 14.5 Å². The summed E-state index contributed by atoms with van der Waals surface area (Å²) in [6.45, 7) is 0.183. The lowest BCUT2D eigenvalue weighted by atomic mass is 10.1. The van der Waals surface area contributed by atoms with Crippen LogP contribution >= 0.6 is 0 Å². The molecule has 0 saturated carbocycles. The fraction of sp³-hybridized carbons (Fsp3) is 0.231. The van der Waals surface area contributed by atoms with Gasteiger partial charge >= 0.3 is 0 Å². The molecule has 5 nitrogen and oxygen atoms in total. The molecule has 0 unspecified atom stereocenters. The molecule has 0 aliphatic heterocycles. The summed E-state index contributed by atoms with van der Waals surface area (Å²) in [5.74, 6) is -0.122. The summed E-state index contributed by atoms with van der Waals surface area (Å²) in [4.78, 5) is 13.2. The molecule has 1 aromatic heterocycles. The highest BCUT2D eigenvalue weighted by atomic mass is 16.5. The molecule has 18 heavy (non-hydrogen) atoms. The number of hydrogen-bond acceptors (Lipinski definition) is 4. The summed E-state index contributed by atoms with van der Waals surface area (Å²) < 4.78 is 5.03. The number of rotatable bonds is 4. The third kappa shape index (κ3) is 2.57. The first-order valence-electron chi connectivity index (χ1n) is 5.61. The number of benzene rings is 1. The van der Waals surface area contributed by atoms with E-state index in [1.165, 1.54) is 4.90 Å². The second kappa shape index (κ2) is 5.46. The first kappa shape index (κ1) is 12.3. The van der Waals surface area contributed by atoms with Crippen molar-refractivity contribution in [2.45, 2.75) is 0 Å². The highest BCUT2D eigenvalue weighted by Gasteiger charge is 2.17. The number of amides is 1. The average Bonchev–Trinajstić information content (AvgIpc) is 2.89. The van der Waals surface area contributed by atoms with Gasteiger partial charge in [0.2, 0.25) is 5.76 Å². The summed E-state index contributed by atoms with van der Waals surface area (Å²) in [5, 5.41) is 12.6. The van der Waals surface area contributed by atoms with Gasteiger partial charge in [-0.1, -0.05) is 35.5 Å². The van der Waals surface area contributed by atoms with Crippen LogP contribution in [0.15, 0.2) is 40.9 Å². The predicted octanol–water partition coefficient (Wildman–Crippen LogP) is 1.41. The number of aliphatic hydroxyl groups excluding tert-OH is 1. The van der Waals surface area contributed by atoms with E-state index < -0.39 is 0 Å². The normalized spacial score (nSPS) is 10.3. The van der Waals surface area contributed by atoms with Gasteiger partial charge in [-0.3, -0.25) is 4.79 Å². The minimum Gasteiger partial charge on any atom is -0.395 e. The SMILES string of the molecule is CN(CCO)C(=O)c1cc(-c2ccccc2)no1. The standard InChI is InChI=1S/C13H14N2O3/c1-15(7-8-16)13(17)12-9-11(14-18-12)10-5-3-2-4-6-10/h2-6,9,16H,7-8H2,1H3. The van der Waals surface area contributed by atoms with E-state index in [1.807, 2.05) is 30.3 Å². The van der Waals surface area contributed by atoms with E-state index in [0.717, 1.165) is 5.56 Å². The molecule has 0 atom stereocenters. The zero-order valence-corrected chi connectivity index (χ0v) is 10.0. The Balaban J connectivity index is 2.18. The van der Waals surface area contributed by atoms with Crippen LogP contribution in [-0.2, 0) is 0 Å². The lowest BCUT2D eigenvalue weighted by Gasteiger charge is -2.12. The summed E-state index contributed by atoms with van der Waals surface area (Å²) in [6, 6.07) is 11.1. The summed E-state index contributed by atoms with van der Waals surface area (Å²) in [7, 11) is 1.60. The number of carbonyl (C=O) groups excluding carboxylic acids is 1. The van der Waals surface area contributed by atoms with Gasteiger partial charge in [-0.05, 0) is 0 Å². The smallest absolute Gasteiger partial charge is 0.292 e. The number of hydrogen-bond donors (Lipinski definition) is 1. The van der Waals surface area contributed by atoms with E-state index in [1.54, 1.807) is 13.1 Å². The number of aromatic nitrogens is 1. The van der Waals surface area contributed by atoms with E-state index in [4.69, 9.17) is 9.63 Å². The van der Waals surface area contributed by atoms with Crippen LogP contribution in [0.2, 0.25) is 0 Å². The van der Waals surface area contributed by atoms with Gasteiger partial charge in [-0.15, -0.1) is 0 Å². The number of likely N-dealkylation sites (N-methyl/N-ethyl adjacent to an activating group) is 1. The Hall–Kier alpha value is -2.14. The molecule has 1 heterocycles. The molecule has 94 valence electrons. The van der Waals surface area contributed by atoms with Crippen LogP contribution in [0.4, 0.5) is 0 Å². The summed E-state index contributed by atoms with van der Waals surface area (Å²) in [5.41, 5.74) is 1.52. The summed E-state index contributed by atoms with van der Waals surface area (Å²) in [6.07, 6.45) is 0. The van der Waals surface area contributed by atoms with Crippen molar-refractivity contribution in [1.29, 1.82) is 0 Å². The van der Waals surface area contributed by atoms with Crippen molar-refractivity contribution in [3.63, 3.8) is 0 Å². The van der Waals surface area contributed by atoms with Crippen LogP contribution in [0.5, 0.6) is 0 Å². The molecule has 5 heteroatoms. The maximum Gasteiger partial charge on any atom is 0.292 e. The molecule has 2 rings (SSSR count). The van der Waals surface area contributed by atoms with Gasteiger partial charge in [0.05, 0.1) is 6.61 Å². The van der Waals surface area contributed by atoms with E-state index >= 15 is 0 Å². The van der Waals surface area contributed by atoms with Crippen LogP contribution in [0, 0.1) is 0 Å². The van der Waals surface area contributed by atoms with Crippen molar-refractivity contribution >= 4 is 5.91 Å². The molecular weight excluding hydrogens is 232 g/mol. The zero-order valence-electron chi connectivity index (χ0n) is 10.0. The Morgan fingerprint density at radius 1 is 1.39 bits per heavy atom. The largest absolute Gasteiger partial charge is 0.395 e. The molecule has 0 spiro atoms. The second-order valence-electron chi connectivity index (χ2n) is 3.89. The predicted molar refractivity (Wildman–Crippen MR) is 66.0 cm³/mol. The molecule has 1 amide bonds. The number of carbonyl (C=O) groups is 1. The molecule has 0 aliphatic carbocycles. The molecule has 0 saturated heterocycles. The average molecular weight is 246 g/mol. The van der Waals surface area contributed by atoms with Crippen LogP contribution in [0.1, 0.15) is 10.6 Å². The topological polar surface area (TPSA) is 66.6 Å². The van der Waals surface area contributed by atoms with E-state index in [0.29, 0.717) is 5.69 Å². The molecule has 1 N–H and O–H groups in total. The monoisotopic (exact) mass is 246 g/mol. The highest BCUT2D eigenvalue weighted by molar-refractivity contribution is 5.92. The van der Waals surface area contributed by atoms with Crippen molar-refractivity contribution in [2.24, 2.45) is 0 Å². The Morgan fingerprint density at radius 2 is 2.11 bits per heavy atom. The molecular formula is C13H14N2O3. The van der Waals surface area contributed by atoms with Gasteiger partial charge in [0, 0.05) is 25.2 Å². The third-order valence-electron chi connectivity index (χ3n) is 2.57. The Bertz CT molecular complexity index is 522. The fourth-order valence-electron chi connectivity index (χ4n) is 1.56. The Kier molecular flexibility index (Phi) is 3.74. The van der Waals surface area contributed by atoms with Gasteiger partial charge in [0.1, 0.15) is 5.69 Å². The number of nitrogens with zero attached hydrogens (tertiary/aromatic N) is 2. The van der Waals surface area contributed by atoms with Gasteiger partial charge in [0.25, 0.3) is 5.91 Å². The van der Waals surface area contributed by atoms with Crippen molar-refractivity contribution in [1.82, 2.24) is 10.1 Å². The Morgan fingerprint density at radius 3 is 2.78 bits per heavy atom. The fourth-order valence-corrected chi connectivity index (χ4v) is 1.56. The van der Waals surface area contributed by atoms with Crippen molar-refractivity contribution in [3.8, 4) is 11.3 Å². The molecule has 0 fully saturated rings. The Labute approximate surface area is 105 Å². The lowest BCUT2D eigenvalue weighted by Crippen LogP contribution is -2.29. The van der Waals surface area contributed by atoms with Crippen LogP contribution in [0.25, 0.3) is 11.3 Å². The zero-order chi connectivity index (χ0) is 13.0. The van der Waals surface area contributed by atoms with Gasteiger partial charge in [-0.2, -0.15) is 0 Å². The van der Waals surface area contributed by atoms with Crippen LogP contribution < -0.4 is 0 Å². The van der Waals surface area contributed by atoms with Crippen molar-refractivity contribution in [2.75, 3.05) is 20.2 Å². The minimum atomic E-state index is -0.293. The maximum atomic E-state index is 11.9. The molecule has 1 aromatic carbocycles. The molecule has 0 radical (unpaired) electrons. The summed E-state index contributed by atoms with van der Waals surface area (Å²) >= 11 is 0. The first-order chi connectivity index (χ1) is 8.72. The lowest BCUT2D eigenvalue weighted by molar-refractivity contribution is 0.0726. The quantitative estimate of drug-likeness (QED) is 0.885. The first-order valence-corrected chi connectivity index (χ1v) is 5.61.